The Morgan fingerprint density at radius 2 is 1.86 bits per heavy atom. The zero-order valence-electron chi connectivity index (χ0n) is 12.3. The predicted octanol–water partition coefficient (Wildman–Crippen LogP) is 1.95. The van der Waals surface area contributed by atoms with Gasteiger partial charge in [-0.15, -0.1) is 4.91 Å². The number of carbonyl (C=O) groups excluding carboxylic acids is 1. The van der Waals surface area contributed by atoms with Gasteiger partial charge in [-0.05, 0) is 22.7 Å². The molecule has 0 aliphatic rings. The molecule has 0 heterocycles. The van der Waals surface area contributed by atoms with Crippen LogP contribution in [-0.2, 0) is 19.6 Å². The Bertz CT molecular complexity index is 634. The van der Waals surface area contributed by atoms with Crippen LogP contribution in [0.1, 0.15) is 20.8 Å². The highest BCUT2D eigenvalue weighted by Gasteiger charge is 2.36. The number of carbonyl (C=O) groups is 1. The van der Waals surface area contributed by atoms with Crippen molar-refractivity contribution in [3.05, 3.63) is 29.2 Å². The Morgan fingerprint density at radius 1 is 1.29 bits per heavy atom. The summed E-state index contributed by atoms with van der Waals surface area (Å²) >= 11 is 0. The molecule has 1 rings (SSSR count). The number of ether oxygens (including phenoxy) is 1. The molecular formula is C13H18N2O5S. The Labute approximate surface area is 123 Å². The van der Waals surface area contributed by atoms with Crippen LogP contribution in [0.3, 0.4) is 0 Å². The fourth-order valence-electron chi connectivity index (χ4n) is 1.67. The zero-order chi connectivity index (χ0) is 16.3. The van der Waals surface area contributed by atoms with Crippen molar-refractivity contribution >= 4 is 21.7 Å². The SMILES string of the molecule is COC(=O)[C@@H](NS(=O)(=O)c1ccccc1N=O)C(C)(C)C. The smallest absolute Gasteiger partial charge is 0.324 e. The van der Waals surface area contributed by atoms with Gasteiger partial charge in [-0.1, -0.05) is 32.9 Å². The number of benzene rings is 1. The minimum atomic E-state index is -4.09. The third-order valence-electron chi connectivity index (χ3n) is 2.83. The summed E-state index contributed by atoms with van der Waals surface area (Å²) in [6, 6.07) is 4.40. The van der Waals surface area contributed by atoms with E-state index in [0.717, 1.165) is 0 Å². The molecule has 7 nitrogen and oxygen atoms in total. The Kier molecular flexibility index (Phi) is 5.19. The average Bonchev–Trinajstić information content (AvgIpc) is 2.42. The van der Waals surface area contributed by atoms with E-state index in [-0.39, 0.29) is 10.6 Å². The molecule has 0 fully saturated rings. The second kappa shape index (κ2) is 6.31. The highest BCUT2D eigenvalue weighted by atomic mass is 32.2. The molecular weight excluding hydrogens is 296 g/mol. The minimum absolute atomic E-state index is 0.220. The first-order chi connectivity index (χ1) is 9.63. The third-order valence-corrected chi connectivity index (χ3v) is 4.30. The van der Waals surface area contributed by atoms with E-state index in [2.05, 4.69) is 14.6 Å². The van der Waals surface area contributed by atoms with Crippen molar-refractivity contribution in [3.63, 3.8) is 0 Å². The maximum Gasteiger partial charge on any atom is 0.324 e. The number of esters is 1. The monoisotopic (exact) mass is 314 g/mol. The fourth-order valence-corrected chi connectivity index (χ4v) is 3.20. The number of sulfonamides is 1. The normalized spacial score (nSPS) is 13.5. The van der Waals surface area contributed by atoms with Crippen molar-refractivity contribution in [3.8, 4) is 0 Å². The largest absolute Gasteiger partial charge is 0.468 e. The van der Waals surface area contributed by atoms with Gasteiger partial charge in [0, 0.05) is 0 Å². The van der Waals surface area contributed by atoms with Crippen LogP contribution in [0.25, 0.3) is 0 Å². The summed E-state index contributed by atoms with van der Waals surface area (Å²) < 4.78 is 31.6. The molecule has 0 radical (unpaired) electrons. The van der Waals surface area contributed by atoms with Crippen LogP contribution in [0.15, 0.2) is 34.3 Å². The number of hydrogen-bond acceptors (Lipinski definition) is 6. The molecule has 0 spiro atoms. The molecule has 0 unspecified atom stereocenters. The summed E-state index contributed by atoms with van der Waals surface area (Å²) in [5.74, 6) is -0.706. The van der Waals surface area contributed by atoms with Crippen molar-refractivity contribution < 1.29 is 17.9 Å². The topological polar surface area (TPSA) is 102 Å². The van der Waals surface area contributed by atoms with E-state index in [1.165, 1.54) is 31.4 Å². The van der Waals surface area contributed by atoms with Crippen LogP contribution in [0, 0.1) is 10.3 Å². The number of nitroso groups, excluding NO2 is 1. The number of nitrogens with one attached hydrogen (secondary N) is 1. The van der Waals surface area contributed by atoms with Crippen molar-refractivity contribution in [1.29, 1.82) is 0 Å². The van der Waals surface area contributed by atoms with Crippen LogP contribution in [0.5, 0.6) is 0 Å². The number of hydrogen-bond donors (Lipinski definition) is 1. The van der Waals surface area contributed by atoms with Crippen molar-refractivity contribution in [2.45, 2.75) is 31.7 Å². The van der Waals surface area contributed by atoms with Crippen LogP contribution < -0.4 is 4.72 Å². The molecule has 8 heteroatoms. The molecule has 0 aliphatic heterocycles. The molecule has 1 atom stereocenters. The van der Waals surface area contributed by atoms with E-state index >= 15 is 0 Å². The molecule has 0 amide bonds. The van der Waals surface area contributed by atoms with Gasteiger partial charge in [0.15, 0.2) is 0 Å². The van der Waals surface area contributed by atoms with E-state index in [0.29, 0.717) is 0 Å². The van der Waals surface area contributed by atoms with E-state index in [1.54, 1.807) is 20.8 Å². The molecule has 0 aliphatic carbocycles. The average molecular weight is 314 g/mol. The van der Waals surface area contributed by atoms with Gasteiger partial charge < -0.3 is 4.74 Å². The molecule has 21 heavy (non-hydrogen) atoms. The maximum atomic E-state index is 12.4. The lowest BCUT2D eigenvalue weighted by atomic mass is 9.87. The van der Waals surface area contributed by atoms with Gasteiger partial charge in [0.2, 0.25) is 10.0 Å². The summed E-state index contributed by atoms with van der Waals surface area (Å²) in [5, 5.41) is 2.69. The number of rotatable bonds is 5. The van der Waals surface area contributed by atoms with Gasteiger partial charge in [0.1, 0.15) is 16.6 Å². The van der Waals surface area contributed by atoms with E-state index in [1.807, 2.05) is 0 Å². The third kappa shape index (κ3) is 4.08. The first kappa shape index (κ1) is 17.3. The lowest BCUT2D eigenvalue weighted by molar-refractivity contribution is -0.145. The standard InChI is InChI=1S/C13H18N2O5S/c1-13(2,3)11(12(16)20-4)15-21(18,19)10-8-6-5-7-9(10)14-17/h5-8,11,15H,1-4H3/t11-/m1/s1. The first-order valence-electron chi connectivity index (χ1n) is 6.16. The minimum Gasteiger partial charge on any atom is -0.468 e. The molecule has 1 N–H and O–H groups in total. The lowest BCUT2D eigenvalue weighted by Crippen LogP contribution is -2.49. The van der Waals surface area contributed by atoms with Gasteiger partial charge in [0.25, 0.3) is 0 Å². The van der Waals surface area contributed by atoms with Gasteiger partial charge in [-0.2, -0.15) is 4.72 Å². The molecule has 1 aromatic carbocycles. The number of methoxy groups -OCH3 is 1. The van der Waals surface area contributed by atoms with Gasteiger partial charge >= 0.3 is 5.97 Å². The van der Waals surface area contributed by atoms with Crippen molar-refractivity contribution in [2.24, 2.45) is 10.6 Å². The van der Waals surface area contributed by atoms with Gasteiger partial charge in [-0.3, -0.25) is 4.79 Å². The van der Waals surface area contributed by atoms with E-state index in [9.17, 15) is 18.1 Å². The lowest BCUT2D eigenvalue weighted by Gasteiger charge is -2.28. The van der Waals surface area contributed by atoms with Crippen molar-refractivity contribution in [1.82, 2.24) is 4.72 Å². The Hall–Kier alpha value is -1.80. The van der Waals surface area contributed by atoms with E-state index in [4.69, 9.17) is 0 Å². The second-order valence-electron chi connectivity index (χ2n) is 5.50. The number of nitrogens with zero attached hydrogens (tertiary/aromatic N) is 1. The van der Waals surface area contributed by atoms with Crippen LogP contribution in [0.2, 0.25) is 0 Å². The zero-order valence-corrected chi connectivity index (χ0v) is 13.1. The maximum absolute atomic E-state index is 12.4. The van der Waals surface area contributed by atoms with Crippen LogP contribution in [0.4, 0.5) is 5.69 Å². The van der Waals surface area contributed by atoms with Gasteiger partial charge in [-0.25, -0.2) is 8.42 Å². The van der Waals surface area contributed by atoms with Crippen LogP contribution in [-0.4, -0.2) is 27.5 Å². The first-order valence-corrected chi connectivity index (χ1v) is 7.64. The van der Waals surface area contributed by atoms with E-state index < -0.39 is 27.4 Å². The highest BCUT2D eigenvalue weighted by Crippen LogP contribution is 2.26. The molecule has 0 aromatic heterocycles. The van der Waals surface area contributed by atoms with Gasteiger partial charge in [0.05, 0.1) is 7.11 Å². The highest BCUT2D eigenvalue weighted by molar-refractivity contribution is 7.89. The summed E-state index contributed by atoms with van der Waals surface area (Å²) in [5.41, 5.74) is -0.925. The fraction of sp³-hybridized carbons (Fsp3) is 0.462. The van der Waals surface area contributed by atoms with Crippen molar-refractivity contribution in [2.75, 3.05) is 7.11 Å². The molecule has 0 saturated carbocycles. The molecule has 1 aromatic rings. The quantitative estimate of drug-likeness (QED) is 0.661. The molecule has 116 valence electrons. The van der Waals surface area contributed by atoms with Crippen LogP contribution >= 0.6 is 0 Å². The summed E-state index contributed by atoms with van der Waals surface area (Å²) in [7, 11) is -2.91. The molecule has 0 saturated heterocycles. The molecule has 0 bridgehead atoms. The summed E-state index contributed by atoms with van der Waals surface area (Å²) in [6.07, 6.45) is 0. The second-order valence-corrected chi connectivity index (χ2v) is 7.18. The predicted molar refractivity (Wildman–Crippen MR) is 77.5 cm³/mol. The summed E-state index contributed by atoms with van der Waals surface area (Å²) in [6.45, 7) is 5.09. The summed E-state index contributed by atoms with van der Waals surface area (Å²) in [4.78, 5) is 22.2. The Morgan fingerprint density at radius 3 is 2.33 bits per heavy atom. The Balaban J connectivity index is 3.24.